The second-order valence-corrected chi connectivity index (χ2v) is 5.94. The molecule has 1 saturated carbocycles. The molecule has 0 amide bonds. The molecule has 2 aliphatic rings. The molecule has 0 bridgehead atoms. The number of morpholine rings is 1. The van der Waals surface area contributed by atoms with Crippen LogP contribution < -0.4 is 10.2 Å². The molecule has 0 spiro atoms. The van der Waals surface area contributed by atoms with Crippen molar-refractivity contribution < 1.29 is 9.13 Å². The molecule has 1 saturated heterocycles. The molecule has 2 unspecified atom stereocenters. The number of hydrogen-bond donors (Lipinski definition) is 1. The third kappa shape index (κ3) is 3.10. The van der Waals surface area contributed by atoms with Crippen molar-refractivity contribution in [2.24, 2.45) is 0 Å². The summed E-state index contributed by atoms with van der Waals surface area (Å²) in [6.45, 7) is 6.36. The van der Waals surface area contributed by atoms with E-state index in [1.165, 1.54) is 19.0 Å². The van der Waals surface area contributed by atoms with Gasteiger partial charge in [-0.1, -0.05) is 0 Å². The fourth-order valence-electron chi connectivity index (χ4n) is 2.60. The van der Waals surface area contributed by atoms with Gasteiger partial charge in [0, 0.05) is 24.7 Å². The highest BCUT2D eigenvalue weighted by atomic mass is 19.1. The molecule has 5 heteroatoms. The molecular weight excluding hydrogens is 257 g/mol. The van der Waals surface area contributed by atoms with E-state index in [-0.39, 0.29) is 18.0 Å². The first-order valence-electron chi connectivity index (χ1n) is 7.39. The predicted octanol–water partition coefficient (Wildman–Crippen LogP) is 2.09. The minimum atomic E-state index is -0.268. The Morgan fingerprint density at radius 1 is 1.45 bits per heavy atom. The van der Waals surface area contributed by atoms with Crippen LogP contribution in [0.2, 0.25) is 0 Å². The summed E-state index contributed by atoms with van der Waals surface area (Å²) < 4.78 is 19.1. The molecule has 0 radical (unpaired) electrons. The fraction of sp³-hybridized carbons (Fsp3) is 0.667. The Morgan fingerprint density at radius 2 is 2.25 bits per heavy atom. The SMILES string of the molecule is CC1CN(c2ncc(F)cc2CNC2CC2)C(C)CO1. The average molecular weight is 279 g/mol. The van der Waals surface area contributed by atoms with Gasteiger partial charge in [-0.05, 0) is 32.8 Å². The standard InChI is InChI=1S/C15H22FN3O/c1-10-9-20-11(2)8-19(10)15-12(5-13(16)7-18-15)6-17-14-3-4-14/h5,7,10-11,14,17H,3-4,6,8-9H2,1-2H3. The van der Waals surface area contributed by atoms with Crippen molar-refractivity contribution in [1.29, 1.82) is 0 Å². The Balaban J connectivity index is 1.82. The summed E-state index contributed by atoms with van der Waals surface area (Å²) in [5.74, 6) is 0.623. The topological polar surface area (TPSA) is 37.4 Å². The van der Waals surface area contributed by atoms with Crippen LogP contribution in [0.5, 0.6) is 0 Å². The summed E-state index contributed by atoms with van der Waals surface area (Å²) in [6.07, 6.45) is 3.94. The van der Waals surface area contributed by atoms with Gasteiger partial charge >= 0.3 is 0 Å². The van der Waals surface area contributed by atoms with Gasteiger partial charge in [0.1, 0.15) is 11.6 Å². The van der Waals surface area contributed by atoms with Crippen LogP contribution in [0.15, 0.2) is 12.3 Å². The lowest BCUT2D eigenvalue weighted by Crippen LogP contribution is -2.48. The van der Waals surface area contributed by atoms with Gasteiger partial charge in [-0.25, -0.2) is 9.37 Å². The molecule has 0 aromatic carbocycles. The normalized spacial score (nSPS) is 26.9. The van der Waals surface area contributed by atoms with E-state index in [4.69, 9.17) is 4.74 Å². The second-order valence-electron chi connectivity index (χ2n) is 5.94. The van der Waals surface area contributed by atoms with E-state index in [0.29, 0.717) is 19.2 Å². The minimum Gasteiger partial charge on any atom is -0.375 e. The van der Waals surface area contributed by atoms with Crippen LogP contribution in [0.3, 0.4) is 0 Å². The van der Waals surface area contributed by atoms with Crippen LogP contribution in [0.25, 0.3) is 0 Å². The van der Waals surface area contributed by atoms with Gasteiger partial charge in [-0.3, -0.25) is 0 Å². The molecule has 2 atom stereocenters. The van der Waals surface area contributed by atoms with E-state index in [1.807, 2.05) is 0 Å². The molecule has 1 aliphatic carbocycles. The summed E-state index contributed by atoms with van der Waals surface area (Å²) in [5, 5.41) is 3.44. The number of aromatic nitrogens is 1. The van der Waals surface area contributed by atoms with Gasteiger partial charge in [-0.2, -0.15) is 0 Å². The molecule has 1 aromatic heterocycles. The Morgan fingerprint density at radius 3 is 3.00 bits per heavy atom. The molecule has 1 N–H and O–H groups in total. The van der Waals surface area contributed by atoms with Crippen LogP contribution in [0, 0.1) is 5.82 Å². The van der Waals surface area contributed by atoms with Crippen LogP contribution >= 0.6 is 0 Å². The van der Waals surface area contributed by atoms with Gasteiger partial charge in [0.15, 0.2) is 0 Å². The lowest BCUT2D eigenvalue weighted by molar-refractivity contribution is 0.0339. The number of nitrogens with one attached hydrogen (secondary N) is 1. The Labute approximate surface area is 119 Å². The van der Waals surface area contributed by atoms with E-state index in [2.05, 4.69) is 29.0 Å². The summed E-state index contributed by atoms with van der Waals surface area (Å²) >= 11 is 0. The number of hydrogen-bond acceptors (Lipinski definition) is 4. The molecule has 3 rings (SSSR count). The number of anilines is 1. The zero-order chi connectivity index (χ0) is 14.1. The molecule has 2 fully saturated rings. The van der Waals surface area contributed by atoms with Crippen LogP contribution in [-0.4, -0.2) is 36.3 Å². The maximum atomic E-state index is 13.5. The third-order valence-electron chi connectivity index (χ3n) is 3.95. The van der Waals surface area contributed by atoms with Gasteiger partial charge < -0.3 is 15.0 Å². The molecule has 1 aliphatic heterocycles. The molecule has 110 valence electrons. The molecule has 1 aromatic rings. The van der Waals surface area contributed by atoms with Crippen molar-refractivity contribution in [2.75, 3.05) is 18.1 Å². The number of pyridine rings is 1. The van der Waals surface area contributed by atoms with E-state index < -0.39 is 0 Å². The lowest BCUT2D eigenvalue weighted by Gasteiger charge is -2.38. The molecular formula is C15H22FN3O. The van der Waals surface area contributed by atoms with E-state index >= 15 is 0 Å². The van der Waals surface area contributed by atoms with Gasteiger partial charge in [-0.15, -0.1) is 0 Å². The van der Waals surface area contributed by atoms with Crippen molar-refractivity contribution in [2.45, 2.75) is 51.4 Å². The number of ether oxygens (including phenoxy) is 1. The van der Waals surface area contributed by atoms with E-state index in [1.54, 1.807) is 6.07 Å². The maximum Gasteiger partial charge on any atom is 0.141 e. The maximum absolute atomic E-state index is 13.5. The summed E-state index contributed by atoms with van der Waals surface area (Å²) in [4.78, 5) is 6.57. The second kappa shape index (κ2) is 5.66. The van der Waals surface area contributed by atoms with Gasteiger partial charge in [0.05, 0.1) is 24.9 Å². The molecule has 4 nitrogen and oxygen atoms in total. The van der Waals surface area contributed by atoms with E-state index in [0.717, 1.165) is 17.9 Å². The van der Waals surface area contributed by atoms with Crippen molar-refractivity contribution in [3.8, 4) is 0 Å². The summed E-state index contributed by atoms with van der Waals surface area (Å²) in [5.41, 5.74) is 0.942. The van der Waals surface area contributed by atoms with Gasteiger partial charge in [0.2, 0.25) is 0 Å². The Bertz CT molecular complexity index is 478. The summed E-state index contributed by atoms with van der Waals surface area (Å²) in [7, 11) is 0. The van der Waals surface area contributed by atoms with Crippen molar-refractivity contribution >= 4 is 5.82 Å². The smallest absolute Gasteiger partial charge is 0.141 e. The third-order valence-corrected chi connectivity index (χ3v) is 3.95. The van der Waals surface area contributed by atoms with Crippen LogP contribution in [-0.2, 0) is 11.3 Å². The highest BCUT2D eigenvalue weighted by molar-refractivity contribution is 5.48. The fourth-order valence-corrected chi connectivity index (χ4v) is 2.60. The lowest BCUT2D eigenvalue weighted by atomic mass is 10.1. The first-order chi connectivity index (χ1) is 9.63. The quantitative estimate of drug-likeness (QED) is 0.916. The van der Waals surface area contributed by atoms with Crippen molar-refractivity contribution in [3.05, 3.63) is 23.6 Å². The largest absolute Gasteiger partial charge is 0.375 e. The van der Waals surface area contributed by atoms with Crippen LogP contribution in [0.1, 0.15) is 32.3 Å². The predicted molar refractivity (Wildman–Crippen MR) is 76.3 cm³/mol. The molecule has 2 heterocycles. The monoisotopic (exact) mass is 279 g/mol. The first kappa shape index (κ1) is 13.8. The van der Waals surface area contributed by atoms with Crippen molar-refractivity contribution in [1.82, 2.24) is 10.3 Å². The zero-order valence-electron chi connectivity index (χ0n) is 12.1. The summed E-state index contributed by atoms with van der Waals surface area (Å²) in [6, 6.07) is 2.47. The zero-order valence-corrected chi connectivity index (χ0v) is 12.1. The number of halogens is 1. The average Bonchev–Trinajstić information content (AvgIpc) is 3.24. The number of nitrogens with zero attached hydrogens (tertiary/aromatic N) is 2. The number of rotatable bonds is 4. The minimum absolute atomic E-state index is 0.183. The highest BCUT2D eigenvalue weighted by Gasteiger charge is 2.27. The van der Waals surface area contributed by atoms with Crippen LogP contribution in [0.4, 0.5) is 10.2 Å². The molecule has 20 heavy (non-hydrogen) atoms. The Hall–Kier alpha value is -1.20. The van der Waals surface area contributed by atoms with Crippen molar-refractivity contribution in [3.63, 3.8) is 0 Å². The Kier molecular flexibility index (Phi) is 3.89. The van der Waals surface area contributed by atoms with Gasteiger partial charge in [0.25, 0.3) is 0 Å². The van der Waals surface area contributed by atoms with E-state index in [9.17, 15) is 4.39 Å². The first-order valence-corrected chi connectivity index (χ1v) is 7.39. The highest BCUT2D eigenvalue weighted by Crippen LogP contribution is 2.26.